The van der Waals surface area contributed by atoms with E-state index >= 15 is 0 Å². The summed E-state index contributed by atoms with van der Waals surface area (Å²) in [6.07, 6.45) is -0.635. The molecule has 0 amide bonds. The lowest BCUT2D eigenvalue weighted by atomic mass is 10.0. The maximum Gasteiger partial charge on any atom is 0.108 e. The van der Waals surface area contributed by atoms with Crippen LogP contribution in [0.2, 0.25) is 0 Å². The molecule has 96 valence electrons. The van der Waals surface area contributed by atoms with Crippen molar-refractivity contribution >= 4 is 11.3 Å². The highest BCUT2D eigenvalue weighted by atomic mass is 32.1. The average Bonchev–Trinajstić information content (AvgIpc) is 2.79. The van der Waals surface area contributed by atoms with Gasteiger partial charge >= 0.3 is 0 Å². The van der Waals surface area contributed by atoms with E-state index in [4.69, 9.17) is 0 Å². The van der Waals surface area contributed by atoms with Crippen molar-refractivity contribution in [1.82, 2.24) is 4.90 Å². The van der Waals surface area contributed by atoms with Crippen LogP contribution in [0.5, 0.6) is 0 Å². The van der Waals surface area contributed by atoms with E-state index in [1.165, 1.54) is 5.56 Å². The Morgan fingerprint density at radius 1 is 1.24 bits per heavy atom. The molecule has 2 heterocycles. The van der Waals surface area contributed by atoms with Crippen molar-refractivity contribution in [3.05, 3.63) is 22.4 Å². The first-order valence-electron chi connectivity index (χ1n) is 5.94. The van der Waals surface area contributed by atoms with Crippen molar-refractivity contribution < 1.29 is 15.3 Å². The zero-order valence-corrected chi connectivity index (χ0v) is 10.5. The number of hydrogen-bond donors (Lipinski definition) is 3. The van der Waals surface area contributed by atoms with Crippen molar-refractivity contribution in [1.29, 1.82) is 0 Å². The molecular weight excluding hydrogens is 238 g/mol. The smallest absolute Gasteiger partial charge is 0.108 e. The van der Waals surface area contributed by atoms with Gasteiger partial charge in [-0.1, -0.05) is 0 Å². The Balaban J connectivity index is 1.72. The third-order valence-electron chi connectivity index (χ3n) is 3.20. The molecular formula is C12H19NO3S. The number of nitrogens with zero attached hydrogens (tertiary/aromatic N) is 1. The van der Waals surface area contributed by atoms with Crippen molar-refractivity contribution in [2.24, 2.45) is 0 Å². The summed E-state index contributed by atoms with van der Waals surface area (Å²) in [5.74, 6) is 0. The molecule has 5 heteroatoms. The largest absolute Gasteiger partial charge is 0.389 e. The minimum absolute atomic E-state index is 0.446. The maximum absolute atomic E-state index is 9.55. The number of aliphatic hydroxyl groups is 3. The van der Waals surface area contributed by atoms with Crippen LogP contribution >= 0.6 is 11.3 Å². The van der Waals surface area contributed by atoms with Crippen LogP contribution in [0.3, 0.4) is 0 Å². The lowest BCUT2D eigenvalue weighted by Gasteiger charge is -2.36. The van der Waals surface area contributed by atoms with Crippen LogP contribution in [0.1, 0.15) is 12.0 Å². The van der Waals surface area contributed by atoms with Crippen LogP contribution in [0.4, 0.5) is 0 Å². The van der Waals surface area contributed by atoms with Crippen molar-refractivity contribution in [2.75, 3.05) is 19.6 Å². The first-order valence-corrected chi connectivity index (χ1v) is 6.88. The van der Waals surface area contributed by atoms with Gasteiger partial charge in [-0.05, 0) is 41.8 Å². The van der Waals surface area contributed by atoms with E-state index in [2.05, 4.69) is 16.8 Å². The van der Waals surface area contributed by atoms with Gasteiger partial charge in [0.15, 0.2) is 0 Å². The predicted octanol–water partition coefficient (Wildman–Crippen LogP) is 0.0790. The molecule has 0 bridgehead atoms. The second-order valence-electron chi connectivity index (χ2n) is 4.62. The zero-order chi connectivity index (χ0) is 12.3. The van der Waals surface area contributed by atoms with Crippen LogP contribution in [-0.4, -0.2) is 58.2 Å². The van der Waals surface area contributed by atoms with E-state index < -0.39 is 18.3 Å². The fourth-order valence-electron chi connectivity index (χ4n) is 2.20. The van der Waals surface area contributed by atoms with E-state index in [9.17, 15) is 15.3 Å². The van der Waals surface area contributed by atoms with Gasteiger partial charge in [0.25, 0.3) is 0 Å². The topological polar surface area (TPSA) is 63.9 Å². The normalized spacial score (nSPS) is 30.6. The Hall–Kier alpha value is -0.460. The molecule has 1 aliphatic rings. The van der Waals surface area contributed by atoms with Gasteiger partial charge in [-0.2, -0.15) is 11.3 Å². The van der Waals surface area contributed by atoms with E-state index in [-0.39, 0.29) is 0 Å². The minimum Gasteiger partial charge on any atom is -0.389 e. The van der Waals surface area contributed by atoms with Crippen LogP contribution in [-0.2, 0) is 6.42 Å². The molecule has 17 heavy (non-hydrogen) atoms. The third kappa shape index (κ3) is 3.50. The Bertz CT molecular complexity index is 319. The summed E-state index contributed by atoms with van der Waals surface area (Å²) < 4.78 is 0. The van der Waals surface area contributed by atoms with E-state index in [1.807, 2.05) is 4.90 Å². The summed E-state index contributed by atoms with van der Waals surface area (Å²) in [6.45, 7) is 1.74. The molecule has 3 N–H and O–H groups in total. The van der Waals surface area contributed by atoms with Crippen LogP contribution in [0.15, 0.2) is 16.8 Å². The Morgan fingerprint density at radius 3 is 2.53 bits per heavy atom. The highest BCUT2D eigenvalue weighted by Crippen LogP contribution is 2.14. The first-order chi connectivity index (χ1) is 8.16. The molecule has 1 aliphatic heterocycles. The standard InChI is InChI=1S/C12H19NO3S/c14-10-6-13(7-11(15)12(10)16)4-1-2-9-3-5-17-8-9/h3,5,8,10-12,14-16H,1-2,4,6-7H2/t10-,11+,12+. The van der Waals surface area contributed by atoms with E-state index in [1.54, 1.807) is 11.3 Å². The van der Waals surface area contributed by atoms with Crippen LogP contribution in [0.25, 0.3) is 0 Å². The van der Waals surface area contributed by atoms with Gasteiger partial charge in [-0.15, -0.1) is 0 Å². The highest BCUT2D eigenvalue weighted by molar-refractivity contribution is 7.07. The summed E-state index contributed by atoms with van der Waals surface area (Å²) in [5, 5.41) is 32.7. The summed E-state index contributed by atoms with van der Waals surface area (Å²) in [4.78, 5) is 2.01. The fourth-order valence-corrected chi connectivity index (χ4v) is 2.90. The number of aliphatic hydroxyl groups excluding tert-OH is 3. The molecule has 0 radical (unpaired) electrons. The molecule has 2 rings (SSSR count). The SMILES string of the molecule is O[C@H]1[C@H](O)CN(CCCc2ccsc2)C[C@@H]1O. The quantitative estimate of drug-likeness (QED) is 0.715. The molecule has 1 aromatic rings. The monoisotopic (exact) mass is 257 g/mol. The summed E-state index contributed by atoms with van der Waals surface area (Å²) >= 11 is 1.70. The second-order valence-corrected chi connectivity index (χ2v) is 5.40. The molecule has 0 aromatic carbocycles. The van der Waals surface area contributed by atoms with Crippen molar-refractivity contribution in [3.8, 4) is 0 Å². The highest BCUT2D eigenvalue weighted by Gasteiger charge is 2.32. The number of aryl methyl sites for hydroxylation is 1. The number of piperidine rings is 1. The fraction of sp³-hybridized carbons (Fsp3) is 0.667. The van der Waals surface area contributed by atoms with Gasteiger partial charge in [0.2, 0.25) is 0 Å². The molecule has 0 unspecified atom stereocenters. The summed E-state index contributed by atoms with van der Waals surface area (Å²) in [7, 11) is 0. The number of likely N-dealkylation sites (tertiary alicyclic amines) is 1. The second kappa shape index (κ2) is 5.93. The molecule has 1 fully saturated rings. The Kier molecular flexibility index (Phi) is 4.53. The Labute approximate surface area is 105 Å². The van der Waals surface area contributed by atoms with Gasteiger partial charge in [0, 0.05) is 13.1 Å². The van der Waals surface area contributed by atoms with Crippen LogP contribution < -0.4 is 0 Å². The van der Waals surface area contributed by atoms with Crippen LogP contribution in [0, 0.1) is 0 Å². The third-order valence-corrected chi connectivity index (χ3v) is 3.93. The molecule has 3 atom stereocenters. The predicted molar refractivity (Wildman–Crippen MR) is 67.1 cm³/mol. The van der Waals surface area contributed by atoms with Gasteiger partial charge in [0.1, 0.15) is 6.10 Å². The minimum atomic E-state index is -0.997. The maximum atomic E-state index is 9.55. The molecule has 0 aliphatic carbocycles. The molecule has 1 saturated heterocycles. The van der Waals surface area contributed by atoms with Gasteiger partial charge < -0.3 is 15.3 Å². The molecule has 0 spiro atoms. The molecule has 1 aromatic heterocycles. The average molecular weight is 257 g/mol. The summed E-state index contributed by atoms with van der Waals surface area (Å²) in [6, 6.07) is 2.12. The van der Waals surface area contributed by atoms with E-state index in [0.29, 0.717) is 13.1 Å². The number of thiophene rings is 1. The van der Waals surface area contributed by atoms with Gasteiger partial charge in [-0.25, -0.2) is 0 Å². The number of rotatable bonds is 4. The van der Waals surface area contributed by atoms with Gasteiger partial charge in [-0.3, -0.25) is 4.90 Å². The lowest BCUT2D eigenvalue weighted by Crippen LogP contribution is -2.55. The lowest BCUT2D eigenvalue weighted by molar-refractivity contribution is -0.109. The Morgan fingerprint density at radius 2 is 1.94 bits per heavy atom. The number of hydrogen-bond acceptors (Lipinski definition) is 5. The van der Waals surface area contributed by atoms with Crippen molar-refractivity contribution in [2.45, 2.75) is 31.2 Å². The zero-order valence-electron chi connectivity index (χ0n) is 9.70. The molecule has 4 nitrogen and oxygen atoms in total. The first kappa shape index (κ1) is 13.0. The van der Waals surface area contributed by atoms with Crippen molar-refractivity contribution in [3.63, 3.8) is 0 Å². The summed E-state index contributed by atoms with van der Waals surface area (Å²) in [5.41, 5.74) is 1.34. The molecule has 0 saturated carbocycles. The van der Waals surface area contributed by atoms with E-state index in [0.717, 1.165) is 19.4 Å². The number of β-amino-alcohol motifs (C(OH)–C–C–N with tert-alkyl or cyclic N) is 2. The van der Waals surface area contributed by atoms with Gasteiger partial charge in [0.05, 0.1) is 12.2 Å².